The van der Waals surface area contributed by atoms with Crippen molar-refractivity contribution in [3.63, 3.8) is 0 Å². The number of nitrogens with one attached hydrogen (secondary N) is 1. The largest absolute Gasteiger partial charge is 0.477 e. The maximum Gasteiger partial charge on any atom is 0.347 e. The number of sulfonamides is 2. The molecule has 2 saturated heterocycles. The molecule has 0 unspecified atom stereocenters. The van der Waals surface area contributed by atoms with Crippen LogP contribution in [0.25, 0.3) is 11.1 Å². The van der Waals surface area contributed by atoms with Gasteiger partial charge in [0.15, 0.2) is 10.3 Å². The highest BCUT2D eigenvalue weighted by Crippen LogP contribution is 2.30. The number of piperazine rings is 2. The van der Waals surface area contributed by atoms with Crippen molar-refractivity contribution in [1.82, 2.24) is 24.1 Å². The Morgan fingerprint density at radius 3 is 1.69 bits per heavy atom. The van der Waals surface area contributed by atoms with E-state index in [1.54, 1.807) is 67.0 Å². The summed E-state index contributed by atoms with van der Waals surface area (Å²) in [6.07, 6.45) is 2.69. The van der Waals surface area contributed by atoms with Crippen molar-refractivity contribution in [2.45, 2.75) is 16.7 Å². The van der Waals surface area contributed by atoms with E-state index in [9.17, 15) is 30.8 Å². The van der Waals surface area contributed by atoms with Crippen LogP contribution in [0.15, 0.2) is 88.9 Å². The predicted octanol–water partition coefficient (Wildman–Crippen LogP) is 4.23. The third-order valence-electron chi connectivity index (χ3n) is 9.05. The zero-order valence-electron chi connectivity index (χ0n) is 30.6. The summed E-state index contributed by atoms with van der Waals surface area (Å²) in [5.74, 6) is 1.53. The quantitative estimate of drug-likeness (QED) is 0.103. The van der Waals surface area contributed by atoms with E-state index in [0.29, 0.717) is 60.1 Å². The van der Waals surface area contributed by atoms with Crippen LogP contribution in [0.1, 0.15) is 24.9 Å². The van der Waals surface area contributed by atoms with Crippen molar-refractivity contribution in [3.8, 4) is 11.1 Å². The summed E-state index contributed by atoms with van der Waals surface area (Å²) in [6.45, 7) is 4.62. The van der Waals surface area contributed by atoms with Gasteiger partial charge in [-0.3, -0.25) is 10.0 Å². The fourth-order valence-corrected chi connectivity index (χ4v) is 10.9. The summed E-state index contributed by atoms with van der Waals surface area (Å²) in [4.78, 5) is 35.4. The van der Waals surface area contributed by atoms with E-state index in [1.165, 1.54) is 33.1 Å². The highest BCUT2D eigenvalue weighted by atomic mass is 35.5. The van der Waals surface area contributed by atoms with Gasteiger partial charge in [-0.15, -0.1) is 0 Å². The van der Waals surface area contributed by atoms with E-state index in [2.05, 4.69) is 15.9 Å². The van der Waals surface area contributed by atoms with Crippen LogP contribution in [0.3, 0.4) is 0 Å². The average molecular weight is 897 g/mol. The Morgan fingerprint density at radius 1 is 0.741 bits per heavy atom. The van der Waals surface area contributed by atoms with E-state index in [0.717, 1.165) is 33.8 Å². The molecule has 7 rings (SSSR count). The van der Waals surface area contributed by atoms with Crippen LogP contribution in [0.4, 0.5) is 14.7 Å². The number of halogens is 2. The molecule has 310 valence electrons. The van der Waals surface area contributed by atoms with Gasteiger partial charge in [0, 0.05) is 57.4 Å². The number of nitrogens with zero attached hydrogens (tertiary/aromatic N) is 6. The van der Waals surface area contributed by atoms with Gasteiger partial charge >= 0.3 is 5.97 Å². The van der Waals surface area contributed by atoms with Crippen molar-refractivity contribution in [1.29, 1.82) is 0 Å². The van der Waals surface area contributed by atoms with Crippen LogP contribution in [0, 0.1) is 12.7 Å². The number of carboxylic acid groups (broad SMARTS) is 1. The van der Waals surface area contributed by atoms with Crippen molar-refractivity contribution < 1.29 is 46.3 Å². The smallest absolute Gasteiger partial charge is 0.347 e. The molecule has 0 spiro atoms. The number of aromatic carboxylic acids is 1. The van der Waals surface area contributed by atoms with Gasteiger partial charge in [0.1, 0.15) is 15.6 Å². The molecule has 2 fully saturated rings. The maximum atomic E-state index is 13.1. The molecule has 3 aromatic carbocycles. The Kier molecular flexibility index (Phi) is 14.9. The van der Waals surface area contributed by atoms with Gasteiger partial charge in [0.25, 0.3) is 5.91 Å². The van der Waals surface area contributed by atoms with Crippen LogP contribution < -0.4 is 21.2 Å². The van der Waals surface area contributed by atoms with Gasteiger partial charge < -0.3 is 20.1 Å². The Morgan fingerprint density at radius 2 is 1.21 bits per heavy atom. The number of amides is 1. The molecule has 58 heavy (non-hydrogen) atoms. The Balaban J connectivity index is 0.000000217. The lowest BCUT2D eigenvalue weighted by molar-refractivity contribution is 0.0698. The maximum absolute atomic E-state index is 13.1. The van der Waals surface area contributed by atoms with Gasteiger partial charge in [-0.1, -0.05) is 64.6 Å². The molecular weight excluding hydrogens is 859 g/mol. The SMILES string of the molecule is Cc1c(Cl)cccc1S(=O)(=O)N1CCN(c2ncc(C(=O)O)s2)CC1.NO.O=C(NO)c1cnc(N2CCN(S(=O)(=O)c3ccc(-c4ccc(F)cc4)cc3)CC2)s1. The van der Waals surface area contributed by atoms with E-state index < -0.39 is 31.9 Å². The molecule has 1 amide bonds. The summed E-state index contributed by atoms with van der Waals surface area (Å²) in [5, 5.41) is 25.8. The molecule has 17 nitrogen and oxygen atoms in total. The van der Waals surface area contributed by atoms with Gasteiger partial charge in [-0.25, -0.2) is 47.4 Å². The predicted molar refractivity (Wildman–Crippen MR) is 216 cm³/mol. The fraction of sp³-hybridized carbons (Fsp3) is 0.257. The second kappa shape index (κ2) is 19.4. The highest BCUT2D eigenvalue weighted by Gasteiger charge is 2.32. The molecule has 0 atom stereocenters. The average Bonchev–Trinajstić information content (AvgIpc) is 3.95. The Bertz CT molecular complexity index is 2420. The number of benzene rings is 3. The first-order valence-electron chi connectivity index (χ1n) is 17.2. The highest BCUT2D eigenvalue weighted by molar-refractivity contribution is 7.89. The third-order valence-corrected chi connectivity index (χ3v) is 15.5. The molecule has 4 heterocycles. The first-order chi connectivity index (χ1) is 27.7. The lowest BCUT2D eigenvalue weighted by Crippen LogP contribution is -2.48. The minimum atomic E-state index is -3.65. The standard InChI is InChI=1S/C20H19FN4O4S2.C15H16ClN3O4S2.H3NO/c21-16-5-1-14(2-6-16)15-3-7-17(8-4-15)31(28,29)25-11-9-24(10-12-25)20-22-13-18(30-20)19(26)23-27;1-10-11(16)3-2-4-13(10)25(22,23)19-7-5-18(6-8-19)15-17-9-12(24-15)14(20)21;1-2/h1-8,13,27H,9-12H2,(H,23,26);2-4,9H,5-8H2,1H3,(H,20,21);2H,1H2. The Labute approximate surface area is 346 Å². The molecule has 6 N–H and O–H groups in total. The van der Waals surface area contributed by atoms with Crippen molar-refractivity contribution in [3.05, 3.63) is 105 Å². The van der Waals surface area contributed by atoms with E-state index in [1.807, 2.05) is 9.80 Å². The zero-order valence-corrected chi connectivity index (χ0v) is 34.6. The minimum Gasteiger partial charge on any atom is -0.477 e. The minimum absolute atomic E-state index is 0.166. The molecule has 0 aliphatic carbocycles. The molecule has 0 bridgehead atoms. The van der Waals surface area contributed by atoms with Crippen LogP contribution >= 0.6 is 34.3 Å². The van der Waals surface area contributed by atoms with Crippen molar-refractivity contribution >= 4 is 76.5 Å². The summed E-state index contributed by atoms with van der Waals surface area (Å²) in [7, 11) is -7.27. The summed E-state index contributed by atoms with van der Waals surface area (Å²) in [5.41, 5.74) is 3.71. The third kappa shape index (κ3) is 10.1. The number of carbonyl (C=O) groups is 2. The zero-order chi connectivity index (χ0) is 42.2. The number of carboxylic acids is 1. The summed E-state index contributed by atoms with van der Waals surface area (Å²) in [6, 6.07) is 17.4. The number of rotatable bonds is 9. The normalized spacial score (nSPS) is 15.1. The number of nitrogens with two attached hydrogens (primary N) is 1. The number of thiazole rings is 2. The second-order valence-electron chi connectivity index (χ2n) is 12.4. The van der Waals surface area contributed by atoms with Crippen LogP contribution in [-0.4, -0.2) is 115 Å². The van der Waals surface area contributed by atoms with Crippen molar-refractivity contribution in [2.24, 2.45) is 5.90 Å². The molecule has 2 aromatic heterocycles. The lowest BCUT2D eigenvalue weighted by Gasteiger charge is -2.34. The number of hydroxylamine groups is 1. The van der Waals surface area contributed by atoms with E-state index >= 15 is 0 Å². The van der Waals surface area contributed by atoms with Gasteiger partial charge in [-0.05, 0) is 60.0 Å². The van der Waals surface area contributed by atoms with Gasteiger partial charge in [0.05, 0.1) is 22.2 Å². The number of hydrogen-bond donors (Lipinski definition) is 5. The van der Waals surface area contributed by atoms with Gasteiger partial charge in [0.2, 0.25) is 20.0 Å². The van der Waals surface area contributed by atoms with E-state index in [-0.39, 0.29) is 38.5 Å². The molecule has 2 aliphatic heterocycles. The number of aromatic nitrogens is 2. The molecular formula is C35H38ClFN8O9S4. The molecule has 0 saturated carbocycles. The second-order valence-corrected chi connectivity index (χ2v) is 18.7. The number of carbonyl (C=O) groups excluding carboxylic acids is 1. The van der Waals surface area contributed by atoms with Crippen LogP contribution in [0.2, 0.25) is 5.02 Å². The molecule has 2 aliphatic rings. The van der Waals surface area contributed by atoms with Gasteiger partial charge in [-0.2, -0.15) is 8.61 Å². The first-order valence-corrected chi connectivity index (χ1v) is 22.0. The topological polar surface area (TPSA) is 240 Å². The monoisotopic (exact) mass is 896 g/mol. The molecule has 23 heteroatoms. The fourth-order valence-electron chi connectivity index (χ4n) is 5.94. The van der Waals surface area contributed by atoms with Crippen LogP contribution in [-0.2, 0) is 20.0 Å². The van der Waals surface area contributed by atoms with Crippen molar-refractivity contribution in [2.75, 3.05) is 62.2 Å². The molecule has 5 aromatic rings. The lowest BCUT2D eigenvalue weighted by atomic mass is 10.1. The van der Waals surface area contributed by atoms with Crippen LogP contribution in [0.5, 0.6) is 0 Å². The van der Waals surface area contributed by atoms with E-state index in [4.69, 9.17) is 27.1 Å². The Hall–Kier alpha value is -4.62. The molecule has 0 radical (unpaired) electrons. The number of anilines is 2. The first kappa shape index (κ1) is 44.5. The summed E-state index contributed by atoms with van der Waals surface area (Å²) < 4.78 is 67.7. The summed E-state index contributed by atoms with van der Waals surface area (Å²) >= 11 is 8.26. The number of hydrogen-bond acceptors (Lipinski definition) is 15.